The summed E-state index contributed by atoms with van der Waals surface area (Å²) < 4.78 is 28.9. The second-order valence-electron chi connectivity index (χ2n) is 4.54. The first kappa shape index (κ1) is 12.5. The lowest BCUT2D eigenvalue weighted by Crippen LogP contribution is -2.00. The van der Waals surface area contributed by atoms with E-state index in [0.29, 0.717) is 5.69 Å². The van der Waals surface area contributed by atoms with Crippen molar-refractivity contribution in [3.8, 4) is 16.9 Å². The third-order valence-corrected chi connectivity index (χ3v) is 3.04. The molecule has 0 N–H and O–H groups in total. The van der Waals surface area contributed by atoms with Gasteiger partial charge in [-0.1, -0.05) is 18.2 Å². The number of halogens is 2. The van der Waals surface area contributed by atoms with Gasteiger partial charge in [0, 0.05) is 5.56 Å². The van der Waals surface area contributed by atoms with Crippen molar-refractivity contribution >= 4 is 0 Å². The number of aryl methyl sites for hydroxylation is 1. The molecular formula is C16H12F2N2. The van der Waals surface area contributed by atoms with Crippen LogP contribution in [0.2, 0.25) is 0 Å². The van der Waals surface area contributed by atoms with E-state index in [1.54, 1.807) is 10.7 Å². The second kappa shape index (κ2) is 4.89. The Morgan fingerprint density at radius 3 is 2.45 bits per heavy atom. The van der Waals surface area contributed by atoms with Crippen molar-refractivity contribution in [1.82, 2.24) is 9.78 Å². The Morgan fingerprint density at radius 1 is 0.950 bits per heavy atom. The van der Waals surface area contributed by atoms with Crippen molar-refractivity contribution in [2.75, 3.05) is 0 Å². The summed E-state index contributed by atoms with van der Waals surface area (Å²) >= 11 is 0. The monoisotopic (exact) mass is 270 g/mol. The molecule has 0 saturated carbocycles. The third-order valence-electron chi connectivity index (χ3n) is 3.04. The first-order valence-electron chi connectivity index (χ1n) is 6.22. The highest BCUT2D eigenvalue weighted by Crippen LogP contribution is 2.27. The molecule has 100 valence electrons. The predicted molar refractivity (Wildman–Crippen MR) is 73.7 cm³/mol. The maximum atomic E-state index is 14.0. The quantitative estimate of drug-likeness (QED) is 0.684. The van der Waals surface area contributed by atoms with Gasteiger partial charge in [0.15, 0.2) is 0 Å². The molecule has 0 saturated heterocycles. The molecule has 1 heterocycles. The summed E-state index contributed by atoms with van der Waals surface area (Å²) in [5, 5.41) is 4.36. The molecule has 0 atom stereocenters. The van der Waals surface area contributed by atoms with E-state index in [-0.39, 0.29) is 5.56 Å². The van der Waals surface area contributed by atoms with E-state index in [9.17, 15) is 8.78 Å². The fourth-order valence-corrected chi connectivity index (χ4v) is 2.15. The van der Waals surface area contributed by atoms with Crippen LogP contribution in [0.25, 0.3) is 16.9 Å². The zero-order valence-corrected chi connectivity index (χ0v) is 10.8. The largest absolute Gasteiger partial charge is 0.233 e. The number of aromatic nitrogens is 2. The van der Waals surface area contributed by atoms with Gasteiger partial charge in [-0.25, -0.2) is 13.5 Å². The highest BCUT2D eigenvalue weighted by molar-refractivity contribution is 5.63. The summed E-state index contributed by atoms with van der Waals surface area (Å²) in [5.74, 6) is -0.941. The third kappa shape index (κ3) is 2.20. The Balaban J connectivity index is 2.22. The number of para-hydroxylation sites is 1. The Hall–Kier alpha value is -2.49. The van der Waals surface area contributed by atoms with Crippen LogP contribution < -0.4 is 0 Å². The smallest absolute Gasteiger partial charge is 0.132 e. The molecule has 0 aliphatic rings. The van der Waals surface area contributed by atoms with Crippen molar-refractivity contribution in [3.05, 3.63) is 71.9 Å². The lowest BCUT2D eigenvalue weighted by atomic mass is 10.1. The molecule has 0 amide bonds. The summed E-state index contributed by atoms with van der Waals surface area (Å²) in [4.78, 5) is 0. The van der Waals surface area contributed by atoms with Gasteiger partial charge in [-0.15, -0.1) is 0 Å². The minimum atomic E-state index is -0.472. The maximum Gasteiger partial charge on any atom is 0.132 e. The number of nitrogens with zero attached hydrogens (tertiary/aromatic N) is 2. The van der Waals surface area contributed by atoms with Crippen LogP contribution in [0.3, 0.4) is 0 Å². The Kier molecular flexibility index (Phi) is 3.06. The van der Waals surface area contributed by atoms with Crippen molar-refractivity contribution in [2.45, 2.75) is 6.92 Å². The maximum absolute atomic E-state index is 14.0. The Labute approximate surface area is 115 Å². The molecule has 0 spiro atoms. The predicted octanol–water partition coefficient (Wildman–Crippen LogP) is 4.13. The summed E-state index contributed by atoms with van der Waals surface area (Å²) in [5.41, 5.74) is 2.28. The van der Waals surface area contributed by atoms with Crippen molar-refractivity contribution < 1.29 is 8.78 Å². The van der Waals surface area contributed by atoms with Gasteiger partial charge >= 0.3 is 0 Å². The van der Waals surface area contributed by atoms with Gasteiger partial charge in [-0.05, 0) is 43.3 Å². The van der Waals surface area contributed by atoms with Gasteiger partial charge in [0.25, 0.3) is 0 Å². The number of hydrogen-bond donors (Lipinski definition) is 0. The number of rotatable bonds is 2. The first-order valence-corrected chi connectivity index (χ1v) is 6.22. The van der Waals surface area contributed by atoms with E-state index in [0.717, 1.165) is 23.5 Å². The molecule has 2 nitrogen and oxygen atoms in total. The molecule has 0 bridgehead atoms. The minimum absolute atomic E-state index is 0.203. The molecule has 20 heavy (non-hydrogen) atoms. The molecule has 2 aromatic carbocycles. The van der Waals surface area contributed by atoms with E-state index in [1.807, 2.05) is 37.3 Å². The van der Waals surface area contributed by atoms with E-state index in [4.69, 9.17) is 0 Å². The van der Waals surface area contributed by atoms with Crippen molar-refractivity contribution in [2.24, 2.45) is 0 Å². The van der Waals surface area contributed by atoms with Crippen LogP contribution in [0.1, 0.15) is 5.69 Å². The van der Waals surface area contributed by atoms with E-state index in [2.05, 4.69) is 5.10 Å². The fraction of sp³-hybridized carbons (Fsp3) is 0.0625. The number of hydrogen-bond acceptors (Lipinski definition) is 1. The molecule has 1 aromatic heterocycles. The van der Waals surface area contributed by atoms with Gasteiger partial charge < -0.3 is 0 Å². The summed E-state index contributed by atoms with van der Waals surface area (Å²) in [6.07, 6.45) is 0. The molecule has 4 heteroatoms. The van der Waals surface area contributed by atoms with Crippen LogP contribution >= 0.6 is 0 Å². The van der Waals surface area contributed by atoms with Gasteiger partial charge in [0.05, 0.1) is 17.1 Å². The zero-order valence-electron chi connectivity index (χ0n) is 10.8. The SMILES string of the molecule is Cc1cc(-c2cc(F)ccc2F)n(-c2ccccc2)n1. The highest BCUT2D eigenvalue weighted by atomic mass is 19.1. The normalized spacial score (nSPS) is 10.8. The highest BCUT2D eigenvalue weighted by Gasteiger charge is 2.14. The van der Waals surface area contributed by atoms with E-state index < -0.39 is 11.6 Å². The first-order chi connectivity index (χ1) is 9.65. The van der Waals surface area contributed by atoms with E-state index >= 15 is 0 Å². The molecule has 0 fully saturated rings. The molecule has 3 rings (SSSR count). The van der Waals surface area contributed by atoms with Crippen molar-refractivity contribution in [1.29, 1.82) is 0 Å². The summed E-state index contributed by atoms with van der Waals surface area (Å²) in [6, 6.07) is 14.5. The average Bonchev–Trinajstić information content (AvgIpc) is 2.84. The average molecular weight is 270 g/mol. The number of benzene rings is 2. The molecule has 3 aromatic rings. The molecule has 0 radical (unpaired) electrons. The molecule has 0 aliphatic carbocycles. The van der Waals surface area contributed by atoms with Gasteiger partial charge in [-0.2, -0.15) is 5.10 Å². The Morgan fingerprint density at radius 2 is 1.70 bits per heavy atom. The van der Waals surface area contributed by atoms with Crippen LogP contribution in [0.5, 0.6) is 0 Å². The zero-order chi connectivity index (χ0) is 14.1. The fourth-order valence-electron chi connectivity index (χ4n) is 2.15. The van der Waals surface area contributed by atoms with Crippen LogP contribution in [-0.4, -0.2) is 9.78 Å². The summed E-state index contributed by atoms with van der Waals surface area (Å²) in [6.45, 7) is 1.82. The standard InChI is InChI=1S/C16H12F2N2/c1-11-9-16(14-10-12(17)7-8-15(14)18)20(19-11)13-5-3-2-4-6-13/h2-10H,1H3. The lowest BCUT2D eigenvalue weighted by Gasteiger charge is -2.08. The molecule has 0 aliphatic heterocycles. The van der Waals surface area contributed by atoms with Crippen molar-refractivity contribution in [3.63, 3.8) is 0 Å². The van der Waals surface area contributed by atoms with Crippen LogP contribution in [-0.2, 0) is 0 Å². The van der Waals surface area contributed by atoms with Gasteiger partial charge in [0.2, 0.25) is 0 Å². The van der Waals surface area contributed by atoms with Crippen LogP contribution in [0, 0.1) is 18.6 Å². The topological polar surface area (TPSA) is 17.8 Å². The Bertz CT molecular complexity index is 748. The lowest BCUT2D eigenvalue weighted by molar-refractivity contribution is 0.602. The van der Waals surface area contributed by atoms with Crippen LogP contribution in [0.4, 0.5) is 8.78 Å². The second-order valence-corrected chi connectivity index (χ2v) is 4.54. The summed E-state index contributed by atoms with van der Waals surface area (Å²) in [7, 11) is 0. The van der Waals surface area contributed by atoms with Gasteiger partial charge in [0.1, 0.15) is 11.6 Å². The molecule has 0 unspecified atom stereocenters. The van der Waals surface area contributed by atoms with Crippen LogP contribution in [0.15, 0.2) is 54.6 Å². The minimum Gasteiger partial charge on any atom is -0.233 e. The van der Waals surface area contributed by atoms with Gasteiger partial charge in [-0.3, -0.25) is 0 Å². The van der Waals surface area contributed by atoms with E-state index in [1.165, 1.54) is 6.07 Å². The molecular weight excluding hydrogens is 258 g/mol.